The number of carbonyl (C=O) groups excluding carboxylic acids is 2. The van der Waals surface area contributed by atoms with E-state index in [9.17, 15) is 9.59 Å². The molecule has 0 aromatic carbocycles. The lowest BCUT2D eigenvalue weighted by atomic mass is 9.42. The van der Waals surface area contributed by atoms with Crippen LogP contribution < -0.4 is 0 Å². The molecule has 9 atom stereocenters. The van der Waals surface area contributed by atoms with Crippen molar-refractivity contribution in [3.63, 3.8) is 0 Å². The maximum atomic E-state index is 12.8. The fourth-order valence-corrected chi connectivity index (χ4v) is 11.0. The predicted molar refractivity (Wildman–Crippen MR) is 111 cm³/mol. The van der Waals surface area contributed by atoms with E-state index in [1.54, 1.807) is 0 Å². The van der Waals surface area contributed by atoms with Crippen molar-refractivity contribution < 1.29 is 14.3 Å². The third kappa shape index (κ3) is 1.86. The lowest BCUT2D eigenvalue weighted by molar-refractivity contribution is -0.168. The van der Waals surface area contributed by atoms with Gasteiger partial charge in [0.15, 0.2) is 0 Å². The molecule has 0 aromatic rings. The van der Waals surface area contributed by atoms with Crippen molar-refractivity contribution in [2.75, 3.05) is 0 Å². The highest BCUT2D eigenvalue weighted by Gasteiger charge is 2.83. The quantitative estimate of drug-likeness (QED) is 0.502. The highest BCUT2D eigenvalue weighted by atomic mass is 16.5. The first-order valence-electron chi connectivity index (χ1n) is 12.2. The molecular weight excluding hydrogens is 360 g/mol. The molecule has 1 aliphatic heterocycles. The van der Waals surface area contributed by atoms with Crippen molar-refractivity contribution in [1.29, 1.82) is 0 Å². The molecule has 160 valence electrons. The SMILES string of the molecule is CC1CC(=O)OC2CC3(C)C4CCC5C(C)(C)C(=O)CCC56CC46CCC3(C)C12. The number of ketones is 1. The Kier molecular flexibility index (Phi) is 3.34. The number of Topliss-reactive ketones (excluding diaryl/α,β-unsaturated/α-hetero) is 1. The van der Waals surface area contributed by atoms with Crippen molar-refractivity contribution in [3.8, 4) is 0 Å². The van der Waals surface area contributed by atoms with Crippen LogP contribution in [0.1, 0.15) is 92.4 Å². The van der Waals surface area contributed by atoms with Gasteiger partial charge in [0.25, 0.3) is 0 Å². The summed E-state index contributed by atoms with van der Waals surface area (Å²) in [4.78, 5) is 25.0. The lowest BCUT2D eigenvalue weighted by Gasteiger charge is -2.62. The Labute approximate surface area is 175 Å². The second-order valence-electron chi connectivity index (χ2n) is 13.1. The Bertz CT molecular complexity index is 815. The second kappa shape index (κ2) is 5.13. The predicted octanol–water partition coefficient (Wildman–Crippen LogP) is 5.56. The van der Waals surface area contributed by atoms with E-state index in [0.29, 0.717) is 40.8 Å². The number of ether oxygens (including phenoxy) is 1. The lowest BCUT2D eigenvalue weighted by Crippen LogP contribution is -2.57. The Morgan fingerprint density at radius 2 is 1.59 bits per heavy atom. The van der Waals surface area contributed by atoms with E-state index in [2.05, 4.69) is 34.6 Å². The van der Waals surface area contributed by atoms with Crippen LogP contribution in [0, 0.1) is 50.7 Å². The summed E-state index contributed by atoms with van der Waals surface area (Å²) in [6, 6.07) is 0. The molecule has 6 rings (SSSR count). The van der Waals surface area contributed by atoms with Gasteiger partial charge in [-0.2, -0.15) is 0 Å². The monoisotopic (exact) mass is 398 g/mol. The fraction of sp³-hybridized carbons (Fsp3) is 0.923. The van der Waals surface area contributed by atoms with E-state index < -0.39 is 0 Å². The van der Waals surface area contributed by atoms with E-state index in [0.717, 1.165) is 25.2 Å². The summed E-state index contributed by atoms with van der Waals surface area (Å²) in [5, 5.41) is 0. The van der Waals surface area contributed by atoms with Gasteiger partial charge >= 0.3 is 5.97 Å². The van der Waals surface area contributed by atoms with Gasteiger partial charge in [0, 0.05) is 24.2 Å². The smallest absolute Gasteiger partial charge is 0.306 e. The number of hydrogen-bond donors (Lipinski definition) is 0. The van der Waals surface area contributed by atoms with Crippen LogP contribution in [0.25, 0.3) is 0 Å². The molecule has 0 N–H and O–H groups in total. The standard InChI is InChI=1S/C26H38O3/c1-15-12-20(28)29-16-13-24(5)18-7-6-17-22(2,3)19(27)8-9-25(17)14-26(18,25)11-10-23(24,4)21(15)16/h15-18,21H,6-14H2,1-5H3. The summed E-state index contributed by atoms with van der Waals surface area (Å²) in [6.45, 7) is 11.9. The average molecular weight is 399 g/mol. The van der Waals surface area contributed by atoms with Gasteiger partial charge in [-0.3, -0.25) is 9.59 Å². The van der Waals surface area contributed by atoms with Gasteiger partial charge in [0.05, 0.1) is 0 Å². The Hall–Kier alpha value is -0.860. The molecule has 0 amide bonds. The van der Waals surface area contributed by atoms with Gasteiger partial charge in [0.2, 0.25) is 0 Å². The average Bonchev–Trinajstić information content (AvgIpc) is 3.23. The first kappa shape index (κ1) is 18.9. The highest BCUT2D eigenvalue weighted by Crippen LogP contribution is 2.89. The normalized spacial score (nSPS) is 59.6. The van der Waals surface area contributed by atoms with Crippen molar-refractivity contribution in [1.82, 2.24) is 0 Å². The molecule has 5 saturated carbocycles. The van der Waals surface area contributed by atoms with Crippen molar-refractivity contribution in [2.45, 2.75) is 98.5 Å². The van der Waals surface area contributed by atoms with Crippen LogP contribution in [0.4, 0.5) is 0 Å². The van der Waals surface area contributed by atoms with Gasteiger partial charge in [-0.25, -0.2) is 0 Å². The van der Waals surface area contributed by atoms with Crippen molar-refractivity contribution in [3.05, 3.63) is 0 Å². The Morgan fingerprint density at radius 3 is 2.34 bits per heavy atom. The number of carbonyl (C=O) groups is 2. The van der Waals surface area contributed by atoms with Crippen LogP contribution in [0.5, 0.6) is 0 Å². The number of esters is 1. The zero-order chi connectivity index (χ0) is 20.6. The zero-order valence-electron chi connectivity index (χ0n) is 19.0. The molecule has 1 saturated heterocycles. The van der Waals surface area contributed by atoms with E-state index in [-0.39, 0.29) is 28.3 Å². The number of rotatable bonds is 0. The zero-order valence-corrected chi connectivity index (χ0v) is 19.0. The molecule has 2 spiro atoms. The van der Waals surface area contributed by atoms with E-state index in [1.165, 1.54) is 32.1 Å². The van der Waals surface area contributed by atoms with Gasteiger partial charge in [-0.1, -0.05) is 34.6 Å². The molecule has 0 radical (unpaired) electrons. The second-order valence-corrected chi connectivity index (χ2v) is 13.1. The molecule has 1 heterocycles. The van der Waals surface area contributed by atoms with E-state index in [4.69, 9.17) is 4.74 Å². The van der Waals surface area contributed by atoms with Crippen LogP contribution in [-0.4, -0.2) is 17.9 Å². The largest absolute Gasteiger partial charge is 0.462 e. The van der Waals surface area contributed by atoms with E-state index >= 15 is 0 Å². The van der Waals surface area contributed by atoms with Gasteiger partial charge < -0.3 is 4.74 Å². The van der Waals surface area contributed by atoms with Crippen molar-refractivity contribution >= 4 is 11.8 Å². The third-order valence-electron chi connectivity index (χ3n) is 12.3. The van der Waals surface area contributed by atoms with Crippen LogP contribution >= 0.6 is 0 Å². The van der Waals surface area contributed by atoms with Gasteiger partial charge in [-0.05, 0) is 84.4 Å². The molecule has 3 heteroatoms. The van der Waals surface area contributed by atoms with Crippen LogP contribution in [0.2, 0.25) is 0 Å². The topological polar surface area (TPSA) is 43.4 Å². The summed E-state index contributed by atoms with van der Waals surface area (Å²) in [5.74, 6) is 2.83. The molecule has 6 fully saturated rings. The van der Waals surface area contributed by atoms with Crippen LogP contribution in [0.15, 0.2) is 0 Å². The van der Waals surface area contributed by atoms with Gasteiger partial charge in [-0.15, -0.1) is 0 Å². The summed E-state index contributed by atoms with van der Waals surface area (Å²) < 4.78 is 6.00. The number of fused-ring (bicyclic) bond motifs is 4. The summed E-state index contributed by atoms with van der Waals surface area (Å²) in [7, 11) is 0. The molecule has 6 aliphatic rings. The van der Waals surface area contributed by atoms with Crippen molar-refractivity contribution in [2.24, 2.45) is 50.7 Å². The first-order valence-corrected chi connectivity index (χ1v) is 12.2. The molecule has 9 unspecified atom stereocenters. The summed E-state index contributed by atoms with van der Waals surface area (Å²) >= 11 is 0. The third-order valence-corrected chi connectivity index (χ3v) is 12.3. The van der Waals surface area contributed by atoms with Gasteiger partial charge in [0.1, 0.15) is 11.9 Å². The molecule has 5 aliphatic carbocycles. The summed E-state index contributed by atoms with van der Waals surface area (Å²) in [6.07, 6.45) is 10.2. The first-order chi connectivity index (χ1) is 13.5. The Balaban J connectivity index is 1.41. The fourth-order valence-electron chi connectivity index (χ4n) is 11.0. The molecule has 29 heavy (non-hydrogen) atoms. The van der Waals surface area contributed by atoms with E-state index in [1.807, 2.05) is 0 Å². The Morgan fingerprint density at radius 1 is 0.897 bits per heavy atom. The minimum atomic E-state index is -0.137. The maximum absolute atomic E-state index is 12.8. The molecule has 0 bridgehead atoms. The summed E-state index contributed by atoms with van der Waals surface area (Å²) in [5.41, 5.74) is 1.29. The minimum Gasteiger partial charge on any atom is -0.462 e. The van der Waals surface area contributed by atoms with Crippen LogP contribution in [0.3, 0.4) is 0 Å². The molecule has 3 nitrogen and oxygen atoms in total. The number of hydrogen-bond acceptors (Lipinski definition) is 3. The highest BCUT2D eigenvalue weighted by molar-refractivity contribution is 5.86. The molecular formula is C26H38O3. The van der Waals surface area contributed by atoms with Crippen LogP contribution in [-0.2, 0) is 14.3 Å². The maximum Gasteiger partial charge on any atom is 0.306 e. The molecule has 0 aromatic heterocycles. The minimum absolute atomic E-state index is 0.0263.